The molecule has 1 N–H and O–H groups in total. The average molecular weight is 620 g/mol. The summed E-state index contributed by atoms with van der Waals surface area (Å²) in [5, 5.41) is 5.00. The van der Waals surface area contributed by atoms with E-state index in [1.54, 1.807) is 11.8 Å². The zero-order chi connectivity index (χ0) is 26.7. The van der Waals surface area contributed by atoms with Gasteiger partial charge in [-0.3, -0.25) is 4.79 Å². The summed E-state index contributed by atoms with van der Waals surface area (Å²) in [5.74, 6) is 2.31. The molecular weight excluding hydrogens is 572 g/mol. The van der Waals surface area contributed by atoms with Crippen molar-refractivity contribution in [1.82, 2.24) is 4.90 Å². The van der Waals surface area contributed by atoms with E-state index < -0.39 is 0 Å². The number of unbranched alkanes of at least 4 members (excludes halogenated alkanes) is 11. The molecule has 3 rings (SSSR count). The number of nitrogens with one attached hydrogen (secondary N) is 1. The molecule has 5 nitrogen and oxygen atoms in total. The van der Waals surface area contributed by atoms with Crippen LogP contribution in [-0.4, -0.2) is 29.9 Å². The highest BCUT2D eigenvalue weighted by atomic mass is 79.9. The van der Waals surface area contributed by atoms with Gasteiger partial charge >= 0.3 is 0 Å². The lowest BCUT2D eigenvalue weighted by atomic mass is 10.1. The number of halogens is 1. The largest absolute Gasteiger partial charge is 0.494 e. The van der Waals surface area contributed by atoms with Gasteiger partial charge in [-0.1, -0.05) is 89.7 Å². The predicted octanol–water partition coefficient (Wildman–Crippen LogP) is 9.34. The van der Waals surface area contributed by atoms with Crippen LogP contribution in [0.2, 0.25) is 0 Å². The number of hydrogen-bond donors (Lipinski definition) is 1. The molecule has 2 aromatic carbocycles. The molecule has 0 fully saturated rings. The van der Waals surface area contributed by atoms with E-state index in [-0.39, 0.29) is 29.5 Å². The molecule has 0 saturated carbocycles. The number of thioether (sulfide) groups is 1. The fourth-order valence-electron chi connectivity index (χ4n) is 4.45. The second-order valence-electron chi connectivity index (χ2n) is 10.1. The van der Waals surface area contributed by atoms with Crippen LogP contribution in [0, 0.1) is 0 Å². The Morgan fingerprint density at radius 3 is 1.92 bits per heavy atom. The number of rotatable bonds is 20. The Morgan fingerprint density at radius 1 is 0.795 bits per heavy atom. The molecule has 0 radical (unpaired) electrons. The molecule has 1 heterocycles. The van der Waals surface area contributed by atoms with Crippen molar-refractivity contribution >= 4 is 40.3 Å². The lowest BCUT2D eigenvalue weighted by Gasteiger charge is -2.15. The molecule has 1 amide bonds. The molecule has 1 aliphatic rings. The van der Waals surface area contributed by atoms with Gasteiger partial charge in [0.25, 0.3) is 5.91 Å². The lowest BCUT2D eigenvalue weighted by Crippen LogP contribution is -2.20. The van der Waals surface area contributed by atoms with E-state index in [1.165, 1.54) is 76.2 Å². The zero-order valence-electron chi connectivity index (χ0n) is 23.6. The minimum Gasteiger partial charge on any atom is -0.494 e. The minimum atomic E-state index is -0.177. The Hall–Kier alpha value is -2.12. The van der Waals surface area contributed by atoms with E-state index >= 15 is 0 Å². The fourth-order valence-corrected chi connectivity index (χ4v) is 5.16. The van der Waals surface area contributed by atoms with E-state index in [4.69, 9.17) is 9.47 Å². The third-order valence-corrected chi connectivity index (χ3v) is 7.49. The van der Waals surface area contributed by atoms with Crippen LogP contribution >= 0.6 is 28.7 Å². The number of hydrogen-bond acceptors (Lipinski definition) is 5. The van der Waals surface area contributed by atoms with E-state index in [0.29, 0.717) is 5.75 Å². The van der Waals surface area contributed by atoms with Gasteiger partial charge in [0.1, 0.15) is 11.5 Å². The topological polar surface area (TPSA) is 50.8 Å². The van der Waals surface area contributed by atoms with Crippen molar-refractivity contribution < 1.29 is 14.3 Å². The molecular formula is C32H47BrN2O3S. The van der Waals surface area contributed by atoms with E-state index in [1.807, 2.05) is 48.5 Å². The number of carbonyl (C=O) groups excluding carboxylic acids is 1. The Balaban J connectivity index is 0.00000533. The van der Waals surface area contributed by atoms with E-state index in [9.17, 15) is 4.79 Å². The van der Waals surface area contributed by atoms with Gasteiger partial charge in [0.15, 0.2) is 6.61 Å². The van der Waals surface area contributed by atoms with Crippen molar-refractivity contribution in [2.24, 2.45) is 0 Å². The number of amides is 1. The molecule has 0 spiro atoms. The van der Waals surface area contributed by atoms with E-state index in [0.717, 1.165) is 36.9 Å². The number of benzene rings is 2. The summed E-state index contributed by atoms with van der Waals surface area (Å²) in [4.78, 5) is 14.5. The molecule has 0 atom stereocenters. The predicted molar refractivity (Wildman–Crippen MR) is 171 cm³/mol. The molecule has 0 aromatic heterocycles. The summed E-state index contributed by atoms with van der Waals surface area (Å²) in [5.41, 5.74) is 1.99. The molecule has 0 saturated heterocycles. The quantitative estimate of drug-likeness (QED) is 0.150. The summed E-state index contributed by atoms with van der Waals surface area (Å²) >= 11 is 1.79. The van der Waals surface area contributed by atoms with Crippen LogP contribution in [0.3, 0.4) is 0 Å². The van der Waals surface area contributed by atoms with Crippen LogP contribution in [0.5, 0.6) is 11.5 Å². The molecule has 0 bridgehead atoms. The maximum absolute atomic E-state index is 12.3. The van der Waals surface area contributed by atoms with Crippen molar-refractivity contribution in [2.45, 2.75) is 90.5 Å². The Bertz CT molecular complexity index is 937. The van der Waals surface area contributed by atoms with Crippen LogP contribution in [0.15, 0.2) is 60.1 Å². The van der Waals surface area contributed by atoms with Crippen LogP contribution in [0.25, 0.3) is 0 Å². The van der Waals surface area contributed by atoms with E-state index in [2.05, 4.69) is 28.7 Å². The molecule has 2 aromatic rings. The normalized spacial score (nSPS) is 12.3. The number of carbonyl (C=O) groups is 1. The molecule has 0 aliphatic carbocycles. The molecule has 1 aliphatic heterocycles. The average Bonchev–Trinajstić information content (AvgIpc) is 3.45. The molecule has 0 unspecified atom stereocenters. The molecule has 216 valence electrons. The number of nitrogens with zero attached hydrogens (tertiary/aromatic N) is 1. The first-order chi connectivity index (χ1) is 18.7. The standard InChI is InChI=1S/C32H46N2O3S.BrH/c1-2-3-4-5-6-7-8-9-10-11-12-13-23-36-30-18-20-31(21-19-30)37-26-32(35)33-29-16-14-28(15-17-29)25-34-22-24-38-27-34;/h14-22,24H,2-13,23,25-27H2,1H3,(H,33,35);1H. The van der Waals surface area contributed by atoms with Crippen molar-refractivity contribution in [3.8, 4) is 11.5 Å². The summed E-state index contributed by atoms with van der Waals surface area (Å²) in [6, 6.07) is 15.5. The second kappa shape index (κ2) is 20.7. The van der Waals surface area contributed by atoms with Gasteiger partial charge in [0.2, 0.25) is 0 Å². The smallest absolute Gasteiger partial charge is 0.262 e. The first kappa shape index (κ1) is 33.1. The third kappa shape index (κ3) is 14.7. The van der Waals surface area contributed by atoms with Crippen LogP contribution in [-0.2, 0) is 11.3 Å². The fraction of sp³-hybridized carbons (Fsp3) is 0.531. The number of ether oxygens (including phenoxy) is 2. The van der Waals surface area contributed by atoms with Crippen LogP contribution in [0.4, 0.5) is 5.69 Å². The van der Waals surface area contributed by atoms with Crippen molar-refractivity contribution in [3.05, 3.63) is 65.7 Å². The van der Waals surface area contributed by atoms with Crippen LogP contribution < -0.4 is 14.8 Å². The Kier molecular flexibility index (Phi) is 17.6. The maximum atomic E-state index is 12.3. The van der Waals surface area contributed by atoms with Gasteiger partial charge in [-0.2, -0.15) is 0 Å². The highest BCUT2D eigenvalue weighted by molar-refractivity contribution is 8.93. The van der Waals surface area contributed by atoms with Crippen molar-refractivity contribution in [2.75, 3.05) is 24.4 Å². The van der Waals surface area contributed by atoms with Gasteiger partial charge < -0.3 is 19.7 Å². The lowest BCUT2D eigenvalue weighted by molar-refractivity contribution is -0.118. The third-order valence-electron chi connectivity index (χ3n) is 6.69. The summed E-state index contributed by atoms with van der Waals surface area (Å²) in [6.45, 7) is 3.86. The van der Waals surface area contributed by atoms with Gasteiger partial charge in [-0.25, -0.2) is 0 Å². The zero-order valence-corrected chi connectivity index (χ0v) is 26.1. The van der Waals surface area contributed by atoms with Crippen LogP contribution in [0.1, 0.15) is 89.5 Å². The first-order valence-corrected chi connectivity index (χ1v) is 15.5. The minimum absolute atomic E-state index is 0. The number of anilines is 1. The molecule has 39 heavy (non-hydrogen) atoms. The monoisotopic (exact) mass is 618 g/mol. The van der Waals surface area contributed by atoms with Gasteiger partial charge in [-0.15, -0.1) is 28.7 Å². The van der Waals surface area contributed by atoms with Gasteiger partial charge in [0.05, 0.1) is 12.5 Å². The molecule has 7 heteroatoms. The summed E-state index contributed by atoms with van der Waals surface area (Å²) < 4.78 is 11.5. The first-order valence-electron chi connectivity index (χ1n) is 14.5. The Morgan fingerprint density at radius 2 is 1.36 bits per heavy atom. The summed E-state index contributed by atoms with van der Waals surface area (Å²) in [6.07, 6.45) is 18.2. The highest BCUT2D eigenvalue weighted by Gasteiger charge is 2.07. The maximum Gasteiger partial charge on any atom is 0.262 e. The highest BCUT2D eigenvalue weighted by Crippen LogP contribution is 2.20. The van der Waals surface area contributed by atoms with Crippen molar-refractivity contribution in [1.29, 1.82) is 0 Å². The summed E-state index contributed by atoms with van der Waals surface area (Å²) in [7, 11) is 0. The van der Waals surface area contributed by atoms with Crippen molar-refractivity contribution in [3.63, 3.8) is 0 Å². The van der Waals surface area contributed by atoms with Gasteiger partial charge in [-0.05, 0) is 53.8 Å². The Labute approximate surface area is 250 Å². The SMILES string of the molecule is Br.CCCCCCCCCCCCCCOc1ccc(OCC(=O)Nc2ccc(CN3C=CSC3)cc2)cc1. The van der Waals surface area contributed by atoms with Gasteiger partial charge in [0, 0.05) is 18.4 Å². The second-order valence-corrected chi connectivity index (χ2v) is 10.9.